The van der Waals surface area contributed by atoms with Crippen LogP contribution in [0, 0.1) is 6.92 Å². The third-order valence-electron chi connectivity index (χ3n) is 5.95. The Hall–Kier alpha value is -4.83. The lowest BCUT2D eigenvalue weighted by Gasteiger charge is -2.08. The molecule has 2 heterocycles. The number of carbonyl (C=O) groups is 2. The van der Waals surface area contributed by atoms with Crippen molar-refractivity contribution in [3.8, 4) is 5.75 Å². The number of nitrogens with one attached hydrogen (secondary N) is 2. The zero-order chi connectivity index (χ0) is 27.0. The normalized spacial score (nSPS) is 11.1. The number of aryl methyl sites for hydroxylation is 1. The monoisotopic (exact) mass is 538 g/mol. The van der Waals surface area contributed by atoms with Gasteiger partial charge in [-0.25, -0.2) is 5.43 Å². The summed E-state index contributed by atoms with van der Waals surface area (Å²) in [6.45, 7) is 3.05. The van der Waals surface area contributed by atoms with Crippen molar-refractivity contribution in [1.82, 2.24) is 20.2 Å². The van der Waals surface area contributed by atoms with Crippen LogP contribution in [0.5, 0.6) is 5.75 Å². The summed E-state index contributed by atoms with van der Waals surface area (Å²) in [6.07, 6.45) is 3.61. The molecule has 0 aliphatic heterocycles. The quantitative estimate of drug-likeness (QED) is 0.196. The van der Waals surface area contributed by atoms with Crippen molar-refractivity contribution < 1.29 is 14.3 Å². The molecule has 5 aromatic rings. The van der Waals surface area contributed by atoms with Crippen LogP contribution in [0.3, 0.4) is 0 Å². The average Bonchev–Trinajstić information content (AvgIpc) is 3.53. The second-order valence-electron chi connectivity index (χ2n) is 8.70. The first-order valence-electron chi connectivity index (χ1n) is 12.3. The molecule has 0 bridgehead atoms. The molecule has 2 N–H and O–H groups in total. The van der Waals surface area contributed by atoms with Crippen LogP contribution in [0.2, 0.25) is 0 Å². The van der Waals surface area contributed by atoms with Crippen LogP contribution in [0.4, 0.5) is 5.13 Å². The van der Waals surface area contributed by atoms with Crippen LogP contribution in [-0.4, -0.2) is 39.4 Å². The number of ether oxygens (including phenoxy) is 1. The third-order valence-corrected chi connectivity index (χ3v) is 6.78. The van der Waals surface area contributed by atoms with E-state index in [0.29, 0.717) is 28.9 Å². The highest BCUT2D eigenvalue weighted by Gasteiger charge is 2.14. The molecule has 0 saturated carbocycles. The number of rotatable bonds is 10. The van der Waals surface area contributed by atoms with Crippen molar-refractivity contribution in [3.63, 3.8) is 0 Å². The van der Waals surface area contributed by atoms with E-state index in [4.69, 9.17) is 4.74 Å². The summed E-state index contributed by atoms with van der Waals surface area (Å²) in [5.41, 5.74) is 5.90. The number of anilines is 1. The van der Waals surface area contributed by atoms with E-state index < -0.39 is 0 Å². The number of carbonyl (C=O) groups excluding carboxylic acids is 2. The maximum Gasteiger partial charge on any atom is 0.257 e. The van der Waals surface area contributed by atoms with Crippen molar-refractivity contribution in [1.29, 1.82) is 0 Å². The Bertz CT molecular complexity index is 1630. The van der Waals surface area contributed by atoms with Gasteiger partial charge in [0, 0.05) is 28.2 Å². The van der Waals surface area contributed by atoms with Gasteiger partial charge in [-0.15, -0.1) is 10.2 Å². The van der Waals surface area contributed by atoms with E-state index >= 15 is 0 Å². The number of para-hydroxylation sites is 2. The van der Waals surface area contributed by atoms with Crippen LogP contribution < -0.4 is 15.5 Å². The van der Waals surface area contributed by atoms with E-state index in [1.165, 1.54) is 0 Å². The summed E-state index contributed by atoms with van der Waals surface area (Å²) in [6, 6.07) is 25.0. The van der Waals surface area contributed by atoms with Crippen LogP contribution in [-0.2, 0) is 17.8 Å². The molecule has 196 valence electrons. The van der Waals surface area contributed by atoms with Gasteiger partial charge in [-0.2, -0.15) is 5.10 Å². The first-order chi connectivity index (χ1) is 19.1. The Morgan fingerprint density at radius 2 is 1.77 bits per heavy atom. The van der Waals surface area contributed by atoms with E-state index in [0.717, 1.165) is 39.1 Å². The maximum atomic E-state index is 12.5. The SMILES string of the molecule is Cc1ccccc1C(=O)Nc1nnc(CC(=O)N/N=C/c2cn(CCOc3ccccc3)c3ccccc23)s1. The zero-order valence-electron chi connectivity index (χ0n) is 21.2. The van der Waals surface area contributed by atoms with Crippen molar-refractivity contribution in [2.24, 2.45) is 5.10 Å². The molecule has 0 saturated heterocycles. The van der Waals surface area contributed by atoms with Gasteiger partial charge in [-0.3, -0.25) is 14.9 Å². The number of benzene rings is 3. The summed E-state index contributed by atoms with van der Waals surface area (Å²) < 4.78 is 7.95. The van der Waals surface area contributed by atoms with E-state index in [-0.39, 0.29) is 18.2 Å². The van der Waals surface area contributed by atoms with Gasteiger partial charge in [0.1, 0.15) is 17.4 Å². The summed E-state index contributed by atoms with van der Waals surface area (Å²) >= 11 is 1.15. The number of hydrazone groups is 1. The van der Waals surface area contributed by atoms with Crippen molar-refractivity contribution in [3.05, 3.63) is 107 Å². The number of hydrogen-bond donors (Lipinski definition) is 2. The van der Waals surface area contributed by atoms with Crippen molar-refractivity contribution in [2.45, 2.75) is 19.9 Å². The number of nitrogens with zero attached hydrogens (tertiary/aromatic N) is 4. The van der Waals surface area contributed by atoms with Crippen molar-refractivity contribution in [2.75, 3.05) is 11.9 Å². The van der Waals surface area contributed by atoms with Gasteiger partial charge in [-0.05, 0) is 36.8 Å². The molecule has 0 radical (unpaired) electrons. The van der Waals surface area contributed by atoms with Gasteiger partial charge in [0.05, 0.1) is 19.2 Å². The molecule has 5 rings (SSSR count). The Labute approximate surface area is 229 Å². The van der Waals surface area contributed by atoms with Crippen LogP contribution >= 0.6 is 11.3 Å². The Morgan fingerprint density at radius 1 is 1.00 bits per heavy atom. The largest absolute Gasteiger partial charge is 0.492 e. The van der Waals surface area contributed by atoms with Gasteiger partial charge in [0.2, 0.25) is 11.0 Å². The van der Waals surface area contributed by atoms with Crippen LogP contribution in [0.1, 0.15) is 26.5 Å². The Balaban J connectivity index is 1.16. The summed E-state index contributed by atoms with van der Waals surface area (Å²) in [5.74, 6) is 0.226. The van der Waals surface area contributed by atoms with Gasteiger partial charge in [-0.1, -0.05) is 65.9 Å². The minimum absolute atomic E-state index is 0.00612. The highest BCUT2D eigenvalue weighted by atomic mass is 32.1. The molecule has 0 spiro atoms. The lowest BCUT2D eigenvalue weighted by atomic mass is 10.1. The second-order valence-corrected chi connectivity index (χ2v) is 9.76. The minimum Gasteiger partial charge on any atom is -0.492 e. The molecule has 3 aromatic carbocycles. The van der Waals surface area contributed by atoms with Gasteiger partial charge < -0.3 is 9.30 Å². The van der Waals surface area contributed by atoms with E-state index in [2.05, 4.69) is 30.6 Å². The molecule has 0 unspecified atom stereocenters. The standard InChI is InChI=1S/C29H26N6O3S/c1-20-9-5-6-12-23(20)28(37)31-29-34-33-27(39-29)17-26(36)32-30-18-21-19-35(25-14-8-7-13-24(21)25)15-16-38-22-10-3-2-4-11-22/h2-14,18-19H,15-17H2,1H3,(H,32,36)(H,31,34,37)/b30-18+. The van der Waals surface area contributed by atoms with Crippen LogP contribution in [0.25, 0.3) is 10.9 Å². The zero-order valence-corrected chi connectivity index (χ0v) is 22.0. The molecular formula is C29H26N6O3S. The van der Waals surface area contributed by atoms with Gasteiger partial charge in [0.15, 0.2) is 0 Å². The van der Waals surface area contributed by atoms with Gasteiger partial charge in [0.25, 0.3) is 5.91 Å². The number of aromatic nitrogens is 3. The molecule has 39 heavy (non-hydrogen) atoms. The first-order valence-corrected chi connectivity index (χ1v) is 13.2. The smallest absolute Gasteiger partial charge is 0.257 e. The number of hydrogen-bond acceptors (Lipinski definition) is 7. The predicted molar refractivity (Wildman–Crippen MR) is 152 cm³/mol. The highest BCUT2D eigenvalue weighted by Crippen LogP contribution is 2.21. The fraction of sp³-hybridized carbons (Fsp3) is 0.138. The van der Waals surface area contributed by atoms with Gasteiger partial charge >= 0.3 is 0 Å². The maximum absolute atomic E-state index is 12.5. The molecule has 9 nitrogen and oxygen atoms in total. The van der Waals surface area contributed by atoms with E-state index in [9.17, 15) is 9.59 Å². The molecule has 0 aliphatic carbocycles. The second kappa shape index (κ2) is 12.1. The lowest BCUT2D eigenvalue weighted by molar-refractivity contribution is -0.120. The van der Waals surface area contributed by atoms with Crippen molar-refractivity contribution >= 4 is 45.4 Å². The fourth-order valence-corrected chi connectivity index (χ4v) is 4.79. The molecule has 2 aromatic heterocycles. The Kier molecular flexibility index (Phi) is 8.03. The molecular weight excluding hydrogens is 512 g/mol. The average molecular weight is 539 g/mol. The summed E-state index contributed by atoms with van der Waals surface area (Å²) in [5, 5.41) is 16.7. The first kappa shape index (κ1) is 25.8. The topological polar surface area (TPSA) is 111 Å². The third kappa shape index (κ3) is 6.55. The molecule has 0 atom stereocenters. The van der Waals surface area contributed by atoms with Crippen LogP contribution in [0.15, 0.2) is 90.2 Å². The summed E-state index contributed by atoms with van der Waals surface area (Å²) in [7, 11) is 0. The Morgan fingerprint density at radius 3 is 2.62 bits per heavy atom. The molecule has 2 amide bonds. The predicted octanol–water partition coefficient (Wildman–Crippen LogP) is 4.83. The minimum atomic E-state index is -0.334. The van der Waals surface area contributed by atoms with E-state index in [1.54, 1.807) is 18.3 Å². The highest BCUT2D eigenvalue weighted by molar-refractivity contribution is 7.15. The number of fused-ring (bicyclic) bond motifs is 1. The number of amides is 2. The molecule has 10 heteroatoms. The lowest BCUT2D eigenvalue weighted by Crippen LogP contribution is -2.19. The molecule has 0 fully saturated rings. The summed E-state index contributed by atoms with van der Waals surface area (Å²) in [4.78, 5) is 24.9. The fourth-order valence-electron chi connectivity index (χ4n) is 4.06. The molecule has 0 aliphatic rings. The van der Waals surface area contributed by atoms with E-state index in [1.807, 2.05) is 79.9 Å².